The van der Waals surface area contributed by atoms with Gasteiger partial charge in [-0.05, 0) is 19.1 Å². The lowest BCUT2D eigenvalue weighted by Gasteiger charge is -2.11. The highest BCUT2D eigenvalue weighted by Crippen LogP contribution is 2.14. The second-order valence-corrected chi connectivity index (χ2v) is 3.68. The molecule has 1 aromatic carbocycles. The molecule has 2 rings (SSSR count). The molecule has 1 N–H and O–H groups in total. The summed E-state index contributed by atoms with van der Waals surface area (Å²) in [7, 11) is 1.65. The molecule has 0 unspecified atom stereocenters. The molecule has 0 aliphatic rings. The zero-order valence-corrected chi connectivity index (χ0v) is 9.02. The zero-order valence-electron chi connectivity index (χ0n) is 9.02. The van der Waals surface area contributed by atoms with Gasteiger partial charge in [0.05, 0.1) is 5.52 Å². The summed E-state index contributed by atoms with van der Waals surface area (Å²) >= 11 is 0. The maximum absolute atomic E-state index is 11.9. The Morgan fingerprint density at radius 3 is 2.56 bits per heavy atom. The minimum absolute atomic E-state index is 0.0451. The first-order valence-corrected chi connectivity index (χ1v) is 4.85. The number of aromatic nitrogens is 1. The summed E-state index contributed by atoms with van der Waals surface area (Å²) in [5, 5.41) is 9.62. The summed E-state index contributed by atoms with van der Waals surface area (Å²) in [5.41, 5.74) is 0.735. The number of aromatic carboxylic acids is 1. The summed E-state index contributed by atoms with van der Waals surface area (Å²) in [6.45, 7) is 1.54. The number of fused-ring (bicyclic) bond motifs is 1. The molecule has 1 aromatic heterocycles. The van der Waals surface area contributed by atoms with E-state index >= 15 is 0 Å². The number of nitrogens with zero attached hydrogens (tertiary/aromatic N) is 1. The van der Waals surface area contributed by atoms with Crippen LogP contribution in [0, 0.1) is 6.92 Å². The minimum atomic E-state index is -1.08. The van der Waals surface area contributed by atoms with Gasteiger partial charge in [-0.3, -0.25) is 4.79 Å². The van der Waals surface area contributed by atoms with E-state index in [1.165, 1.54) is 11.5 Å². The summed E-state index contributed by atoms with van der Waals surface area (Å²) < 4.78 is 1.54. The van der Waals surface area contributed by atoms with Gasteiger partial charge in [-0.15, -0.1) is 0 Å². The number of carboxylic acids is 1. The van der Waals surface area contributed by atoms with Crippen LogP contribution in [-0.2, 0) is 7.05 Å². The molecule has 0 atom stereocenters. The molecule has 0 saturated heterocycles. The summed E-state index contributed by atoms with van der Waals surface area (Å²) in [6, 6.07) is 6.99. The van der Waals surface area contributed by atoms with Gasteiger partial charge in [0.25, 0.3) is 0 Å². The van der Waals surface area contributed by atoms with Gasteiger partial charge in [0.1, 0.15) is 5.69 Å². The fourth-order valence-corrected chi connectivity index (χ4v) is 1.94. The van der Waals surface area contributed by atoms with E-state index in [4.69, 9.17) is 5.11 Å². The fourth-order valence-electron chi connectivity index (χ4n) is 1.94. The van der Waals surface area contributed by atoms with Crippen molar-refractivity contribution >= 4 is 16.9 Å². The predicted octanol–water partition coefficient (Wildman–Crippen LogP) is 1.55. The van der Waals surface area contributed by atoms with Crippen LogP contribution in [0.2, 0.25) is 0 Å². The molecule has 0 fully saturated rings. The highest BCUT2D eigenvalue weighted by molar-refractivity contribution is 5.92. The molecule has 0 amide bonds. The van der Waals surface area contributed by atoms with Crippen molar-refractivity contribution < 1.29 is 9.90 Å². The van der Waals surface area contributed by atoms with Crippen LogP contribution in [0.5, 0.6) is 0 Å². The van der Waals surface area contributed by atoms with Crippen LogP contribution in [0.1, 0.15) is 16.1 Å². The van der Waals surface area contributed by atoms with Gasteiger partial charge in [-0.1, -0.05) is 12.1 Å². The van der Waals surface area contributed by atoms with Gasteiger partial charge >= 0.3 is 5.97 Å². The SMILES string of the molecule is Cc1c(C(=O)O)n(C)c2ccccc2c1=O. The standard InChI is InChI=1S/C12H11NO3/c1-7-10(12(15)16)13(2)9-6-4-3-5-8(9)11(7)14/h3-6H,1-2H3,(H,15,16). The van der Waals surface area contributed by atoms with Crippen LogP contribution in [0.15, 0.2) is 29.1 Å². The van der Waals surface area contributed by atoms with E-state index in [0.29, 0.717) is 10.9 Å². The highest BCUT2D eigenvalue weighted by atomic mass is 16.4. The number of hydrogen-bond acceptors (Lipinski definition) is 2. The topological polar surface area (TPSA) is 59.3 Å². The third kappa shape index (κ3) is 1.31. The van der Waals surface area contributed by atoms with E-state index in [0.717, 1.165) is 0 Å². The largest absolute Gasteiger partial charge is 0.477 e. The Kier molecular flexibility index (Phi) is 2.27. The predicted molar refractivity (Wildman–Crippen MR) is 60.9 cm³/mol. The first-order chi connectivity index (χ1) is 7.54. The van der Waals surface area contributed by atoms with Crippen molar-refractivity contribution in [3.05, 3.63) is 45.7 Å². The van der Waals surface area contributed by atoms with Crippen molar-refractivity contribution in [2.75, 3.05) is 0 Å². The van der Waals surface area contributed by atoms with Crippen LogP contribution >= 0.6 is 0 Å². The number of para-hydroxylation sites is 1. The quantitative estimate of drug-likeness (QED) is 0.788. The maximum Gasteiger partial charge on any atom is 0.352 e. The fraction of sp³-hybridized carbons (Fsp3) is 0.167. The second kappa shape index (κ2) is 3.48. The van der Waals surface area contributed by atoms with Crippen LogP contribution < -0.4 is 5.43 Å². The lowest BCUT2D eigenvalue weighted by Crippen LogP contribution is -2.20. The van der Waals surface area contributed by atoms with E-state index in [2.05, 4.69) is 0 Å². The molecule has 82 valence electrons. The average molecular weight is 217 g/mol. The number of carbonyl (C=O) groups is 1. The molecule has 16 heavy (non-hydrogen) atoms. The van der Waals surface area contributed by atoms with Crippen molar-refractivity contribution in [3.8, 4) is 0 Å². The van der Waals surface area contributed by atoms with Crippen LogP contribution in [0.25, 0.3) is 10.9 Å². The number of benzene rings is 1. The van der Waals surface area contributed by atoms with E-state index in [1.54, 1.807) is 31.3 Å². The first-order valence-electron chi connectivity index (χ1n) is 4.85. The third-order valence-electron chi connectivity index (χ3n) is 2.74. The number of pyridine rings is 1. The van der Waals surface area contributed by atoms with Gasteiger partial charge in [0.2, 0.25) is 0 Å². The first kappa shape index (κ1) is 10.4. The maximum atomic E-state index is 11.9. The van der Waals surface area contributed by atoms with Crippen molar-refractivity contribution in [1.82, 2.24) is 4.57 Å². The molecule has 0 aliphatic heterocycles. The van der Waals surface area contributed by atoms with Crippen molar-refractivity contribution in [2.24, 2.45) is 7.05 Å². The number of rotatable bonds is 1. The van der Waals surface area contributed by atoms with E-state index in [9.17, 15) is 9.59 Å². The summed E-state index contributed by atoms with van der Waals surface area (Å²) in [4.78, 5) is 23.0. The van der Waals surface area contributed by atoms with Crippen LogP contribution in [0.4, 0.5) is 0 Å². The van der Waals surface area contributed by atoms with Crippen molar-refractivity contribution in [2.45, 2.75) is 6.92 Å². The smallest absolute Gasteiger partial charge is 0.352 e. The van der Waals surface area contributed by atoms with E-state index in [1.807, 2.05) is 0 Å². The molecule has 4 nitrogen and oxygen atoms in total. The molecular weight excluding hydrogens is 206 g/mol. The monoisotopic (exact) mass is 217 g/mol. The molecule has 1 heterocycles. The van der Waals surface area contributed by atoms with E-state index in [-0.39, 0.29) is 16.7 Å². The molecular formula is C12H11NO3. The van der Waals surface area contributed by atoms with Gasteiger partial charge in [0.15, 0.2) is 5.43 Å². The van der Waals surface area contributed by atoms with Gasteiger partial charge in [-0.2, -0.15) is 0 Å². The van der Waals surface area contributed by atoms with Gasteiger partial charge < -0.3 is 9.67 Å². The Balaban J connectivity index is 3.07. The Bertz CT molecular complexity index is 640. The lowest BCUT2D eigenvalue weighted by molar-refractivity contribution is 0.0685. The average Bonchev–Trinajstić information content (AvgIpc) is 2.26. The summed E-state index contributed by atoms with van der Waals surface area (Å²) in [5.74, 6) is -1.08. The Morgan fingerprint density at radius 2 is 1.94 bits per heavy atom. The molecule has 0 saturated carbocycles. The highest BCUT2D eigenvalue weighted by Gasteiger charge is 2.16. The third-order valence-corrected chi connectivity index (χ3v) is 2.74. The molecule has 4 heteroatoms. The Morgan fingerprint density at radius 1 is 1.31 bits per heavy atom. The zero-order chi connectivity index (χ0) is 11.9. The van der Waals surface area contributed by atoms with Gasteiger partial charge in [-0.25, -0.2) is 4.79 Å². The minimum Gasteiger partial charge on any atom is -0.477 e. The lowest BCUT2D eigenvalue weighted by atomic mass is 10.1. The van der Waals surface area contributed by atoms with Crippen LogP contribution in [0.3, 0.4) is 0 Å². The normalized spacial score (nSPS) is 10.6. The Labute approximate surface area is 91.8 Å². The second-order valence-electron chi connectivity index (χ2n) is 3.68. The molecule has 0 aliphatic carbocycles. The van der Waals surface area contributed by atoms with Gasteiger partial charge in [0, 0.05) is 18.0 Å². The van der Waals surface area contributed by atoms with Crippen molar-refractivity contribution in [3.63, 3.8) is 0 Å². The molecule has 0 bridgehead atoms. The molecule has 0 radical (unpaired) electrons. The van der Waals surface area contributed by atoms with Crippen LogP contribution in [-0.4, -0.2) is 15.6 Å². The number of hydrogen-bond donors (Lipinski definition) is 1. The molecule has 2 aromatic rings. The summed E-state index contributed by atoms with van der Waals surface area (Å²) in [6.07, 6.45) is 0. The molecule has 0 spiro atoms. The Hall–Kier alpha value is -2.10. The number of carboxylic acid groups (broad SMARTS) is 1. The van der Waals surface area contributed by atoms with Crippen molar-refractivity contribution in [1.29, 1.82) is 0 Å². The number of aryl methyl sites for hydroxylation is 1. The van der Waals surface area contributed by atoms with E-state index < -0.39 is 5.97 Å².